The first-order valence-electron chi connectivity index (χ1n) is 8.24. The summed E-state index contributed by atoms with van der Waals surface area (Å²) < 4.78 is 33.1. The van der Waals surface area contributed by atoms with Gasteiger partial charge in [-0.3, -0.25) is 4.98 Å². The third-order valence-corrected chi connectivity index (χ3v) is 6.35. The Bertz CT molecular complexity index is 1120. The Hall–Kier alpha value is -2.65. The molecule has 1 fully saturated rings. The SMILES string of the molecule is Cc1ncccc1O[C@@H]1CCN(S(=O)(=O)c2ccc3[nH]c(=O)[nH]c3c2)C1. The van der Waals surface area contributed by atoms with Gasteiger partial charge in [0.05, 0.1) is 28.2 Å². The molecule has 4 rings (SSSR count). The average Bonchev–Trinajstić information content (AvgIpc) is 3.22. The molecule has 0 bridgehead atoms. The van der Waals surface area contributed by atoms with Crippen molar-refractivity contribution in [2.75, 3.05) is 13.1 Å². The first kappa shape index (κ1) is 16.8. The highest BCUT2D eigenvalue weighted by Gasteiger charge is 2.34. The van der Waals surface area contributed by atoms with E-state index < -0.39 is 10.0 Å². The van der Waals surface area contributed by atoms with Crippen LogP contribution in [0.4, 0.5) is 0 Å². The van der Waals surface area contributed by atoms with Crippen LogP contribution in [0.15, 0.2) is 46.2 Å². The first-order valence-corrected chi connectivity index (χ1v) is 9.68. The Morgan fingerprint density at radius 1 is 1.23 bits per heavy atom. The van der Waals surface area contributed by atoms with Crippen molar-refractivity contribution in [3.8, 4) is 5.75 Å². The number of fused-ring (bicyclic) bond motifs is 1. The fraction of sp³-hybridized carbons (Fsp3) is 0.294. The molecule has 136 valence electrons. The summed E-state index contributed by atoms with van der Waals surface area (Å²) in [5.74, 6) is 0.670. The largest absolute Gasteiger partial charge is 0.487 e. The molecule has 0 aliphatic carbocycles. The highest BCUT2D eigenvalue weighted by atomic mass is 32.2. The highest BCUT2D eigenvalue weighted by Crippen LogP contribution is 2.26. The van der Waals surface area contributed by atoms with Crippen molar-refractivity contribution in [3.63, 3.8) is 0 Å². The summed E-state index contributed by atoms with van der Waals surface area (Å²) >= 11 is 0. The zero-order valence-electron chi connectivity index (χ0n) is 14.1. The molecule has 1 aromatic carbocycles. The topological polar surface area (TPSA) is 108 Å². The second kappa shape index (κ2) is 6.26. The maximum atomic E-state index is 12.9. The number of aromatic amines is 2. The van der Waals surface area contributed by atoms with E-state index in [9.17, 15) is 13.2 Å². The summed E-state index contributed by atoms with van der Waals surface area (Å²) in [7, 11) is -3.65. The van der Waals surface area contributed by atoms with Crippen LogP contribution in [0.3, 0.4) is 0 Å². The molecule has 0 amide bonds. The van der Waals surface area contributed by atoms with Gasteiger partial charge in [-0.25, -0.2) is 13.2 Å². The number of pyridine rings is 1. The third-order valence-electron chi connectivity index (χ3n) is 4.49. The Morgan fingerprint density at radius 2 is 2.04 bits per heavy atom. The van der Waals surface area contributed by atoms with E-state index in [1.54, 1.807) is 18.3 Å². The zero-order chi connectivity index (χ0) is 18.3. The van der Waals surface area contributed by atoms with Gasteiger partial charge in [-0.2, -0.15) is 4.31 Å². The first-order chi connectivity index (χ1) is 12.4. The van der Waals surface area contributed by atoms with E-state index in [0.29, 0.717) is 29.7 Å². The molecule has 2 aromatic heterocycles. The van der Waals surface area contributed by atoms with E-state index in [-0.39, 0.29) is 23.2 Å². The van der Waals surface area contributed by atoms with Crippen LogP contribution in [-0.2, 0) is 10.0 Å². The molecule has 1 atom stereocenters. The van der Waals surface area contributed by atoms with Gasteiger partial charge in [0.25, 0.3) is 0 Å². The molecular weight excluding hydrogens is 356 g/mol. The number of nitrogens with one attached hydrogen (secondary N) is 2. The van der Waals surface area contributed by atoms with Crippen LogP contribution in [0.5, 0.6) is 5.75 Å². The maximum absolute atomic E-state index is 12.9. The van der Waals surface area contributed by atoms with E-state index in [2.05, 4.69) is 15.0 Å². The molecule has 0 saturated carbocycles. The summed E-state index contributed by atoms with van der Waals surface area (Å²) in [6.07, 6.45) is 2.08. The van der Waals surface area contributed by atoms with E-state index in [0.717, 1.165) is 5.69 Å². The Labute approximate surface area is 149 Å². The number of benzene rings is 1. The summed E-state index contributed by atoms with van der Waals surface area (Å²) in [6.45, 7) is 2.51. The molecule has 0 radical (unpaired) electrons. The van der Waals surface area contributed by atoms with Gasteiger partial charge < -0.3 is 14.7 Å². The highest BCUT2D eigenvalue weighted by molar-refractivity contribution is 7.89. The predicted molar refractivity (Wildman–Crippen MR) is 95.7 cm³/mol. The van der Waals surface area contributed by atoms with Gasteiger partial charge in [-0.05, 0) is 43.7 Å². The van der Waals surface area contributed by atoms with Crippen LogP contribution in [0, 0.1) is 6.92 Å². The lowest BCUT2D eigenvalue weighted by molar-refractivity contribution is 0.213. The zero-order valence-corrected chi connectivity index (χ0v) is 14.9. The van der Waals surface area contributed by atoms with Crippen LogP contribution in [0.1, 0.15) is 12.1 Å². The van der Waals surface area contributed by atoms with Crippen LogP contribution in [0.2, 0.25) is 0 Å². The monoisotopic (exact) mass is 374 g/mol. The van der Waals surface area contributed by atoms with E-state index in [1.165, 1.54) is 16.4 Å². The Kier molecular flexibility index (Phi) is 4.04. The fourth-order valence-electron chi connectivity index (χ4n) is 3.11. The lowest BCUT2D eigenvalue weighted by Crippen LogP contribution is -2.31. The number of hydrogen-bond donors (Lipinski definition) is 2. The molecule has 2 N–H and O–H groups in total. The van der Waals surface area contributed by atoms with Crippen molar-refractivity contribution in [1.29, 1.82) is 0 Å². The molecule has 3 aromatic rings. The second-order valence-electron chi connectivity index (χ2n) is 6.27. The van der Waals surface area contributed by atoms with E-state index in [4.69, 9.17) is 4.74 Å². The number of aromatic nitrogens is 3. The quantitative estimate of drug-likeness (QED) is 0.718. The molecule has 0 spiro atoms. The standard InChI is InChI=1S/C17H18N4O4S/c1-11-16(3-2-7-18-11)25-12-6-8-21(10-12)26(23,24)13-4-5-14-15(9-13)20-17(22)19-14/h2-5,7,9,12H,6,8,10H2,1H3,(H2,19,20,22)/t12-/m1/s1. The molecule has 8 nitrogen and oxygen atoms in total. The third kappa shape index (κ3) is 2.99. The average molecular weight is 374 g/mol. The predicted octanol–water partition coefficient (Wildman–Crippen LogP) is 1.40. The maximum Gasteiger partial charge on any atom is 0.323 e. The summed E-state index contributed by atoms with van der Waals surface area (Å²) in [5, 5.41) is 0. The van der Waals surface area contributed by atoms with E-state index >= 15 is 0 Å². The molecule has 9 heteroatoms. The molecule has 26 heavy (non-hydrogen) atoms. The van der Waals surface area contributed by atoms with Gasteiger partial charge in [0, 0.05) is 12.7 Å². The minimum absolute atomic E-state index is 0.151. The smallest absolute Gasteiger partial charge is 0.323 e. The van der Waals surface area contributed by atoms with Crippen molar-refractivity contribution < 1.29 is 13.2 Å². The van der Waals surface area contributed by atoms with Crippen molar-refractivity contribution in [1.82, 2.24) is 19.3 Å². The number of sulfonamides is 1. The van der Waals surface area contributed by atoms with Crippen LogP contribution < -0.4 is 10.4 Å². The molecule has 1 saturated heterocycles. The van der Waals surface area contributed by atoms with Crippen molar-refractivity contribution in [2.24, 2.45) is 0 Å². The summed E-state index contributed by atoms with van der Waals surface area (Å²) in [6, 6.07) is 8.18. The molecule has 1 aliphatic heterocycles. The Morgan fingerprint density at radius 3 is 2.85 bits per heavy atom. The van der Waals surface area contributed by atoms with Crippen molar-refractivity contribution in [3.05, 3.63) is 52.7 Å². The molecule has 1 aliphatic rings. The van der Waals surface area contributed by atoms with Gasteiger partial charge in [0.2, 0.25) is 10.0 Å². The van der Waals surface area contributed by atoms with Crippen molar-refractivity contribution >= 4 is 21.1 Å². The number of hydrogen-bond acceptors (Lipinski definition) is 5. The number of H-pyrrole nitrogens is 2. The minimum atomic E-state index is -3.65. The number of rotatable bonds is 4. The minimum Gasteiger partial charge on any atom is -0.487 e. The van der Waals surface area contributed by atoms with Gasteiger partial charge >= 0.3 is 5.69 Å². The lowest BCUT2D eigenvalue weighted by Gasteiger charge is -2.18. The van der Waals surface area contributed by atoms with Crippen LogP contribution in [-0.4, -0.2) is 46.9 Å². The lowest BCUT2D eigenvalue weighted by atomic mass is 10.3. The van der Waals surface area contributed by atoms with Crippen LogP contribution >= 0.6 is 0 Å². The summed E-state index contributed by atoms with van der Waals surface area (Å²) in [5.41, 5.74) is 1.45. The second-order valence-corrected chi connectivity index (χ2v) is 8.20. The van der Waals surface area contributed by atoms with Gasteiger partial charge in [0.15, 0.2) is 0 Å². The normalized spacial score (nSPS) is 18.4. The Balaban J connectivity index is 1.54. The molecular formula is C17H18N4O4S. The number of imidazole rings is 1. The van der Waals surface area contributed by atoms with Gasteiger partial charge in [0.1, 0.15) is 11.9 Å². The van der Waals surface area contributed by atoms with Crippen LogP contribution in [0.25, 0.3) is 11.0 Å². The number of ether oxygens (including phenoxy) is 1. The van der Waals surface area contributed by atoms with Crippen molar-refractivity contribution in [2.45, 2.75) is 24.3 Å². The van der Waals surface area contributed by atoms with Gasteiger partial charge in [-0.15, -0.1) is 0 Å². The number of nitrogens with zero attached hydrogens (tertiary/aromatic N) is 2. The molecule has 3 heterocycles. The summed E-state index contributed by atoms with van der Waals surface area (Å²) in [4.78, 5) is 20.9. The van der Waals surface area contributed by atoms with E-state index in [1.807, 2.05) is 13.0 Å². The number of aryl methyl sites for hydroxylation is 1. The molecule has 0 unspecified atom stereocenters. The fourth-order valence-corrected chi connectivity index (χ4v) is 4.62. The van der Waals surface area contributed by atoms with Gasteiger partial charge in [-0.1, -0.05) is 0 Å².